The summed E-state index contributed by atoms with van der Waals surface area (Å²) in [5, 5.41) is 2.80. The van der Waals surface area contributed by atoms with Crippen LogP contribution in [0.5, 0.6) is 17.2 Å². The van der Waals surface area contributed by atoms with Gasteiger partial charge in [-0.15, -0.1) is 0 Å². The third kappa shape index (κ3) is 3.66. The fraction of sp³-hybridized carbons (Fsp3) is 0.300. The number of benzene rings is 2. The summed E-state index contributed by atoms with van der Waals surface area (Å²) in [6, 6.07) is 10.4. The van der Waals surface area contributed by atoms with Gasteiger partial charge in [0.2, 0.25) is 17.6 Å². The van der Waals surface area contributed by atoms with Crippen molar-refractivity contribution in [3.8, 4) is 17.2 Å². The summed E-state index contributed by atoms with van der Waals surface area (Å²) in [4.78, 5) is 26.7. The van der Waals surface area contributed by atoms with Gasteiger partial charge in [-0.25, -0.2) is 0 Å². The van der Waals surface area contributed by atoms with E-state index in [0.717, 1.165) is 0 Å². The summed E-state index contributed by atoms with van der Waals surface area (Å²) < 4.78 is 16.0. The summed E-state index contributed by atoms with van der Waals surface area (Å²) in [5.74, 6) is 0.418. The van der Waals surface area contributed by atoms with Crippen LogP contribution in [0.4, 0.5) is 17.1 Å². The van der Waals surface area contributed by atoms with Gasteiger partial charge < -0.3 is 30.2 Å². The maximum Gasteiger partial charge on any atom is 0.229 e. The van der Waals surface area contributed by atoms with Crippen LogP contribution in [-0.4, -0.2) is 39.7 Å². The van der Waals surface area contributed by atoms with E-state index in [9.17, 15) is 9.59 Å². The van der Waals surface area contributed by atoms with Crippen molar-refractivity contribution < 1.29 is 23.8 Å². The molecule has 1 fully saturated rings. The minimum absolute atomic E-state index is 0.106. The number of nitrogens with zero attached hydrogens (tertiary/aromatic N) is 1. The van der Waals surface area contributed by atoms with Crippen LogP contribution in [0, 0.1) is 5.92 Å². The Labute approximate surface area is 163 Å². The van der Waals surface area contributed by atoms with E-state index in [4.69, 9.17) is 19.9 Å². The van der Waals surface area contributed by atoms with Gasteiger partial charge in [-0.05, 0) is 12.1 Å². The van der Waals surface area contributed by atoms with Crippen molar-refractivity contribution in [3.05, 3.63) is 36.4 Å². The second-order valence-corrected chi connectivity index (χ2v) is 6.37. The Hall–Kier alpha value is -3.42. The minimum atomic E-state index is -0.494. The highest BCUT2D eigenvalue weighted by Gasteiger charge is 2.36. The molecule has 8 nitrogen and oxygen atoms in total. The number of hydrogen-bond acceptors (Lipinski definition) is 6. The number of hydrogen-bond donors (Lipinski definition) is 2. The predicted molar refractivity (Wildman–Crippen MR) is 106 cm³/mol. The number of carbonyl (C=O) groups is 2. The molecule has 1 unspecified atom stereocenters. The molecule has 0 spiro atoms. The Bertz CT molecular complexity index is 874. The van der Waals surface area contributed by atoms with Crippen molar-refractivity contribution in [2.75, 3.05) is 43.8 Å². The number of ether oxygens (including phenoxy) is 3. The zero-order valence-corrected chi connectivity index (χ0v) is 16.0. The molecule has 1 atom stereocenters. The molecule has 3 rings (SSSR count). The number of nitrogens with one attached hydrogen (secondary N) is 1. The lowest BCUT2D eigenvalue weighted by Crippen LogP contribution is -2.28. The number of rotatable bonds is 6. The number of para-hydroxylation sites is 2. The maximum atomic E-state index is 12.6. The van der Waals surface area contributed by atoms with E-state index in [0.29, 0.717) is 34.3 Å². The van der Waals surface area contributed by atoms with Crippen LogP contribution in [0.15, 0.2) is 36.4 Å². The molecule has 0 aromatic heterocycles. The first-order chi connectivity index (χ1) is 13.5. The molecule has 0 aliphatic carbocycles. The number of nitrogen functional groups attached to an aromatic ring is 1. The fourth-order valence-electron chi connectivity index (χ4n) is 3.20. The van der Waals surface area contributed by atoms with E-state index in [1.165, 1.54) is 21.3 Å². The number of anilines is 3. The summed E-state index contributed by atoms with van der Waals surface area (Å²) in [6.07, 6.45) is 0.106. The highest BCUT2D eigenvalue weighted by Crippen LogP contribution is 2.42. The summed E-state index contributed by atoms with van der Waals surface area (Å²) in [6.45, 7) is 0.246. The molecule has 8 heteroatoms. The molecule has 1 aliphatic rings. The van der Waals surface area contributed by atoms with E-state index >= 15 is 0 Å². The SMILES string of the molecule is COc1cc(N2CC(C(=O)Nc3ccccc3N)CC2=O)cc(OC)c1OC. The van der Waals surface area contributed by atoms with E-state index in [-0.39, 0.29) is 24.8 Å². The van der Waals surface area contributed by atoms with Gasteiger partial charge in [-0.3, -0.25) is 9.59 Å². The van der Waals surface area contributed by atoms with Crippen molar-refractivity contribution in [2.24, 2.45) is 5.92 Å². The third-order valence-corrected chi connectivity index (χ3v) is 4.68. The largest absolute Gasteiger partial charge is 0.493 e. The first-order valence-electron chi connectivity index (χ1n) is 8.74. The normalized spacial score (nSPS) is 16.0. The van der Waals surface area contributed by atoms with E-state index < -0.39 is 5.92 Å². The van der Waals surface area contributed by atoms with Gasteiger partial charge >= 0.3 is 0 Å². The van der Waals surface area contributed by atoms with Crippen LogP contribution in [0.2, 0.25) is 0 Å². The van der Waals surface area contributed by atoms with Crippen LogP contribution in [0.1, 0.15) is 6.42 Å². The van der Waals surface area contributed by atoms with Crippen LogP contribution in [0.3, 0.4) is 0 Å². The standard InChI is InChI=1S/C20H23N3O5/c1-26-16-9-13(10-17(27-2)19(16)28-3)23-11-12(8-18(23)24)20(25)22-15-7-5-4-6-14(15)21/h4-7,9-10,12H,8,11,21H2,1-3H3,(H,22,25). The first-order valence-corrected chi connectivity index (χ1v) is 8.74. The molecule has 0 radical (unpaired) electrons. The van der Waals surface area contributed by atoms with Crippen LogP contribution in [0.25, 0.3) is 0 Å². The second kappa shape index (κ2) is 8.08. The number of amides is 2. The average molecular weight is 385 g/mol. The highest BCUT2D eigenvalue weighted by molar-refractivity contribution is 6.04. The lowest BCUT2D eigenvalue weighted by atomic mass is 10.1. The minimum Gasteiger partial charge on any atom is -0.493 e. The van der Waals surface area contributed by atoms with Crippen molar-refractivity contribution in [3.63, 3.8) is 0 Å². The van der Waals surface area contributed by atoms with Gasteiger partial charge in [0.15, 0.2) is 11.5 Å². The Kier molecular flexibility index (Phi) is 5.58. The average Bonchev–Trinajstić information content (AvgIpc) is 3.10. The number of methoxy groups -OCH3 is 3. The van der Waals surface area contributed by atoms with Gasteiger partial charge in [0.25, 0.3) is 0 Å². The molecular weight excluding hydrogens is 362 g/mol. The quantitative estimate of drug-likeness (QED) is 0.740. The zero-order valence-electron chi connectivity index (χ0n) is 16.0. The van der Waals surface area contributed by atoms with Gasteiger partial charge in [0, 0.05) is 25.1 Å². The second-order valence-electron chi connectivity index (χ2n) is 6.37. The molecule has 2 amide bonds. The van der Waals surface area contributed by atoms with Gasteiger partial charge in [0.1, 0.15) is 0 Å². The van der Waals surface area contributed by atoms with Crippen molar-refractivity contribution in [1.82, 2.24) is 0 Å². The molecule has 2 aromatic rings. The van der Waals surface area contributed by atoms with Crippen molar-refractivity contribution in [2.45, 2.75) is 6.42 Å². The fourth-order valence-corrected chi connectivity index (χ4v) is 3.20. The Balaban J connectivity index is 1.81. The predicted octanol–water partition coefficient (Wildman–Crippen LogP) is 2.29. The molecule has 1 aliphatic heterocycles. The highest BCUT2D eigenvalue weighted by atomic mass is 16.5. The molecule has 148 valence electrons. The topological polar surface area (TPSA) is 103 Å². The van der Waals surface area contributed by atoms with Crippen molar-refractivity contribution >= 4 is 28.9 Å². The third-order valence-electron chi connectivity index (χ3n) is 4.68. The molecule has 1 heterocycles. The summed E-state index contributed by atoms with van der Waals surface area (Å²) in [5.41, 5.74) is 7.46. The molecule has 28 heavy (non-hydrogen) atoms. The van der Waals surface area contributed by atoms with Gasteiger partial charge in [-0.1, -0.05) is 12.1 Å². The number of carbonyl (C=O) groups excluding carboxylic acids is 2. The van der Waals surface area contributed by atoms with Gasteiger partial charge in [0.05, 0.1) is 44.3 Å². The molecule has 3 N–H and O–H groups in total. The van der Waals surface area contributed by atoms with Crippen LogP contribution >= 0.6 is 0 Å². The Morgan fingerprint density at radius 1 is 1.11 bits per heavy atom. The van der Waals surface area contributed by atoms with E-state index in [1.807, 2.05) is 0 Å². The monoisotopic (exact) mass is 385 g/mol. The van der Waals surface area contributed by atoms with Crippen molar-refractivity contribution in [1.29, 1.82) is 0 Å². The lowest BCUT2D eigenvalue weighted by Gasteiger charge is -2.20. The Morgan fingerprint density at radius 2 is 1.75 bits per heavy atom. The lowest BCUT2D eigenvalue weighted by molar-refractivity contribution is -0.122. The number of nitrogens with two attached hydrogens (primary N) is 1. The smallest absolute Gasteiger partial charge is 0.229 e. The Morgan fingerprint density at radius 3 is 2.32 bits per heavy atom. The van der Waals surface area contributed by atoms with E-state index in [2.05, 4.69) is 5.32 Å². The van der Waals surface area contributed by atoms with E-state index in [1.54, 1.807) is 41.3 Å². The molecule has 0 saturated carbocycles. The molecular formula is C20H23N3O5. The molecule has 1 saturated heterocycles. The maximum absolute atomic E-state index is 12.6. The first kappa shape index (κ1) is 19.3. The summed E-state index contributed by atoms with van der Waals surface area (Å²) >= 11 is 0. The zero-order chi connectivity index (χ0) is 20.3. The molecule has 0 bridgehead atoms. The van der Waals surface area contributed by atoms with Crippen LogP contribution < -0.4 is 30.2 Å². The summed E-state index contributed by atoms with van der Waals surface area (Å²) in [7, 11) is 4.53. The van der Waals surface area contributed by atoms with Crippen LogP contribution in [-0.2, 0) is 9.59 Å². The van der Waals surface area contributed by atoms with Gasteiger partial charge in [-0.2, -0.15) is 0 Å². The molecule has 2 aromatic carbocycles.